The van der Waals surface area contributed by atoms with Crippen LogP contribution in [0.25, 0.3) is 0 Å². The summed E-state index contributed by atoms with van der Waals surface area (Å²) < 4.78 is 26.7. The van der Waals surface area contributed by atoms with E-state index in [-0.39, 0.29) is 42.3 Å². The Morgan fingerprint density at radius 1 is 1.17 bits per heavy atom. The summed E-state index contributed by atoms with van der Waals surface area (Å²) in [4.78, 5) is 25.3. The van der Waals surface area contributed by atoms with E-state index in [1.807, 2.05) is 13.8 Å². The van der Waals surface area contributed by atoms with Gasteiger partial charge in [0, 0.05) is 24.8 Å². The van der Waals surface area contributed by atoms with E-state index in [4.69, 9.17) is 0 Å². The van der Waals surface area contributed by atoms with Crippen molar-refractivity contribution in [1.82, 2.24) is 9.21 Å². The number of fused-ring (bicyclic) bond motifs is 1. The largest absolute Gasteiger partial charge is 0.338 e. The number of carbonyl (C=O) groups is 2. The first-order valence-corrected chi connectivity index (χ1v) is 8.95. The summed E-state index contributed by atoms with van der Waals surface area (Å²) in [5.41, 5.74) is 1.32. The van der Waals surface area contributed by atoms with Crippen LogP contribution >= 0.6 is 0 Å². The molecular weight excluding hydrogens is 318 g/mol. The lowest BCUT2D eigenvalue weighted by Crippen LogP contribution is -2.54. The van der Waals surface area contributed by atoms with E-state index in [2.05, 4.69) is 5.32 Å². The van der Waals surface area contributed by atoms with Crippen LogP contribution < -0.4 is 5.32 Å². The molecular formula is C15H19N3O4S. The Balaban J connectivity index is 1.84. The number of piperazine rings is 1. The number of nitrogens with one attached hydrogen (secondary N) is 1. The minimum Gasteiger partial charge on any atom is -0.338 e. The Morgan fingerprint density at radius 3 is 2.57 bits per heavy atom. The van der Waals surface area contributed by atoms with Crippen LogP contribution in [0.5, 0.6) is 0 Å². The second kappa shape index (κ2) is 5.61. The topological polar surface area (TPSA) is 86.8 Å². The maximum atomic E-state index is 12.7. The van der Waals surface area contributed by atoms with E-state index < -0.39 is 10.0 Å². The van der Waals surface area contributed by atoms with Crippen molar-refractivity contribution in [2.24, 2.45) is 0 Å². The Bertz CT molecular complexity index is 773. The Labute approximate surface area is 135 Å². The molecule has 0 bridgehead atoms. The van der Waals surface area contributed by atoms with Crippen molar-refractivity contribution >= 4 is 27.5 Å². The molecule has 3 rings (SSSR count). The van der Waals surface area contributed by atoms with Gasteiger partial charge < -0.3 is 10.2 Å². The number of rotatable bonds is 3. The highest BCUT2D eigenvalue weighted by Crippen LogP contribution is 2.27. The van der Waals surface area contributed by atoms with Gasteiger partial charge in [0.1, 0.15) is 0 Å². The molecule has 0 saturated carbocycles. The lowest BCUT2D eigenvalue weighted by atomic mass is 10.2. The fourth-order valence-electron chi connectivity index (χ4n) is 2.93. The van der Waals surface area contributed by atoms with Crippen molar-refractivity contribution in [3.05, 3.63) is 23.8 Å². The normalized spacial score (nSPS) is 19.2. The van der Waals surface area contributed by atoms with Crippen LogP contribution in [0.3, 0.4) is 0 Å². The Kier molecular flexibility index (Phi) is 3.89. The van der Waals surface area contributed by atoms with Crippen LogP contribution in [0.1, 0.15) is 19.4 Å². The van der Waals surface area contributed by atoms with Crippen molar-refractivity contribution < 1.29 is 18.0 Å². The monoisotopic (exact) mass is 337 g/mol. The maximum Gasteiger partial charge on any atom is 0.243 e. The van der Waals surface area contributed by atoms with E-state index in [0.717, 1.165) is 0 Å². The van der Waals surface area contributed by atoms with Gasteiger partial charge in [-0.15, -0.1) is 0 Å². The average Bonchev–Trinajstić information content (AvgIpc) is 2.85. The highest BCUT2D eigenvalue weighted by molar-refractivity contribution is 7.89. The van der Waals surface area contributed by atoms with Crippen molar-refractivity contribution in [1.29, 1.82) is 0 Å². The van der Waals surface area contributed by atoms with Gasteiger partial charge in [-0.3, -0.25) is 9.59 Å². The molecule has 0 atom stereocenters. The molecule has 0 unspecified atom stereocenters. The summed E-state index contributed by atoms with van der Waals surface area (Å²) in [6.07, 6.45) is 0.179. The summed E-state index contributed by atoms with van der Waals surface area (Å²) in [7, 11) is -3.74. The number of sulfonamides is 1. The summed E-state index contributed by atoms with van der Waals surface area (Å²) >= 11 is 0. The molecule has 7 nitrogen and oxygen atoms in total. The molecule has 1 fully saturated rings. The second-order valence-electron chi connectivity index (χ2n) is 6.06. The van der Waals surface area contributed by atoms with Crippen molar-refractivity contribution in [3.63, 3.8) is 0 Å². The summed E-state index contributed by atoms with van der Waals surface area (Å²) in [6.45, 7) is 4.34. The standard InChI is InChI=1S/C15H19N3O4S/c1-10(2)18-6-5-17(9-15(18)20)23(21,22)12-3-4-13-11(7-12)8-14(19)16-13/h3-4,7,10H,5-6,8-9H2,1-2H3,(H,16,19). The first-order chi connectivity index (χ1) is 10.8. The lowest BCUT2D eigenvalue weighted by Gasteiger charge is -2.36. The molecule has 0 spiro atoms. The summed E-state index contributed by atoms with van der Waals surface area (Å²) in [5, 5.41) is 2.67. The van der Waals surface area contributed by atoms with Crippen LogP contribution in [-0.4, -0.2) is 55.1 Å². The summed E-state index contributed by atoms with van der Waals surface area (Å²) in [5.74, 6) is -0.330. The molecule has 2 aliphatic rings. The zero-order valence-corrected chi connectivity index (χ0v) is 13.9. The van der Waals surface area contributed by atoms with Gasteiger partial charge in [0.05, 0.1) is 17.9 Å². The fraction of sp³-hybridized carbons (Fsp3) is 0.467. The molecule has 2 aliphatic heterocycles. The molecule has 1 saturated heterocycles. The molecule has 1 N–H and O–H groups in total. The van der Waals surface area contributed by atoms with Gasteiger partial charge in [-0.2, -0.15) is 4.31 Å². The molecule has 0 radical (unpaired) electrons. The third-order valence-corrected chi connectivity index (χ3v) is 6.03. The van der Waals surface area contributed by atoms with Gasteiger partial charge in [0.15, 0.2) is 0 Å². The average molecular weight is 337 g/mol. The van der Waals surface area contributed by atoms with Gasteiger partial charge in [-0.1, -0.05) is 0 Å². The van der Waals surface area contributed by atoms with Crippen LogP contribution in [0.4, 0.5) is 5.69 Å². The van der Waals surface area contributed by atoms with E-state index >= 15 is 0 Å². The van der Waals surface area contributed by atoms with Crippen molar-refractivity contribution in [2.75, 3.05) is 25.0 Å². The predicted molar refractivity (Wildman–Crippen MR) is 84.4 cm³/mol. The second-order valence-corrected chi connectivity index (χ2v) is 8.00. The highest BCUT2D eigenvalue weighted by Gasteiger charge is 2.34. The van der Waals surface area contributed by atoms with Gasteiger partial charge >= 0.3 is 0 Å². The SMILES string of the molecule is CC(C)N1CCN(S(=O)(=O)c2ccc3c(c2)CC(=O)N3)CC1=O. The molecule has 2 amide bonds. The third kappa shape index (κ3) is 2.84. The lowest BCUT2D eigenvalue weighted by molar-refractivity contribution is -0.135. The number of hydrogen-bond donors (Lipinski definition) is 1. The molecule has 1 aromatic carbocycles. The predicted octanol–water partition coefficient (Wildman–Crippen LogP) is 0.422. The smallest absolute Gasteiger partial charge is 0.243 e. The molecule has 0 aliphatic carbocycles. The van der Waals surface area contributed by atoms with E-state index in [0.29, 0.717) is 17.8 Å². The highest BCUT2D eigenvalue weighted by atomic mass is 32.2. The maximum absolute atomic E-state index is 12.7. The number of nitrogens with zero attached hydrogens (tertiary/aromatic N) is 2. The zero-order valence-electron chi connectivity index (χ0n) is 13.1. The van der Waals surface area contributed by atoms with Crippen LogP contribution in [0.2, 0.25) is 0 Å². The Hall–Kier alpha value is -1.93. The van der Waals surface area contributed by atoms with Crippen LogP contribution in [-0.2, 0) is 26.0 Å². The first kappa shape index (κ1) is 15.9. The van der Waals surface area contributed by atoms with Crippen LogP contribution in [0, 0.1) is 0 Å². The number of carbonyl (C=O) groups excluding carboxylic acids is 2. The van der Waals surface area contributed by atoms with Gasteiger partial charge in [-0.05, 0) is 37.6 Å². The quantitative estimate of drug-likeness (QED) is 0.866. The van der Waals surface area contributed by atoms with Crippen molar-refractivity contribution in [2.45, 2.75) is 31.2 Å². The fourth-order valence-corrected chi connectivity index (χ4v) is 4.36. The van der Waals surface area contributed by atoms with E-state index in [9.17, 15) is 18.0 Å². The number of hydrogen-bond acceptors (Lipinski definition) is 4. The number of anilines is 1. The van der Waals surface area contributed by atoms with Gasteiger partial charge in [-0.25, -0.2) is 8.42 Å². The minimum absolute atomic E-state index is 0.0597. The van der Waals surface area contributed by atoms with E-state index in [1.54, 1.807) is 11.0 Å². The molecule has 8 heteroatoms. The Morgan fingerprint density at radius 2 is 1.91 bits per heavy atom. The third-order valence-electron chi connectivity index (χ3n) is 4.19. The van der Waals surface area contributed by atoms with Gasteiger partial charge in [0.25, 0.3) is 0 Å². The molecule has 2 heterocycles. The van der Waals surface area contributed by atoms with Crippen molar-refractivity contribution in [3.8, 4) is 0 Å². The minimum atomic E-state index is -3.74. The van der Waals surface area contributed by atoms with Gasteiger partial charge in [0.2, 0.25) is 21.8 Å². The zero-order chi connectivity index (χ0) is 16.8. The molecule has 1 aromatic rings. The van der Waals surface area contributed by atoms with E-state index in [1.165, 1.54) is 16.4 Å². The number of benzene rings is 1. The van der Waals surface area contributed by atoms with Crippen LogP contribution in [0.15, 0.2) is 23.1 Å². The summed E-state index contributed by atoms with van der Waals surface area (Å²) in [6, 6.07) is 4.64. The molecule has 23 heavy (non-hydrogen) atoms. The first-order valence-electron chi connectivity index (χ1n) is 7.51. The molecule has 124 valence electrons. The molecule has 0 aromatic heterocycles. The number of amides is 2.